The lowest BCUT2D eigenvalue weighted by Gasteiger charge is -2.36. The van der Waals surface area contributed by atoms with E-state index in [-0.39, 0.29) is 0 Å². The number of rotatable bonds is 4. The minimum absolute atomic E-state index is 0.586. The Kier molecular flexibility index (Phi) is 5.08. The normalized spacial score (nSPS) is 16.1. The molecule has 2 aromatic rings. The molecule has 5 nitrogen and oxygen atoms in total. The van der Waals surface area contributed by atoms with Crippen LogP contribution in [0.1, 0.15) is 11.3 Å². The SMILES string of the molecule is COc1ccc(CN2CCN(c3ccc(C(F)(F)F)nc3)CC2)cn1. The average molecular weight is 352 g/mol. The number of hydrogen-bond acceptors (Lipinski definition) is 5. The summed E-state index contributed by atoms with van der Waals surface area (Å²) in [7, 11) is 1.58. The molecule has 0 bridgehead atoms. The molecule has 0 amide bonds. The molecule has 1 aliphatic heterocycles. The van der Waals surface area contributed by atoms with Crippen molar-refractivity contribution in [3.8, 4) is 5.88 Å². The van der Waals surface area contributed by atoms with Gasteiger partial charge in [0.15, 0.2) is 0 Å². The van der Waals surface area contributed by atoms with Crippen LogP contribution in [0.15, 0.2) is 36.7 Å². The van der Waals surface area contributed by atoms with Crippen molar-refractivity contribution in [2.24, 2.45) is 0 Å². The second-order valence-electron chi connectivity index (χ2n) is 5.87. The molecule has 0 atom stereocenters. The molecule has 0 radical (unpaired) electrons. The molecule has 25 heavy (non-hydrogen) atoms. The zero-order chi connectivity index (χ0) is 17.9. The highest BCUT2D eigenvalue weighted by Crippen LogP contribution is 2.28. The van der Waals surface area contributed by atoms with Gasteiger partial charge >= 0.3 is 6.18 Å². The first kappa shape index (κ1) is 17.5. The fraction of sp³-hybridized carbons (Fsp3) is 0.412. The number of hydrogen-bond donors (Lipinski definition) is 0. The number of pyridine rings is 2. The summed E-state index contributed by atoms with van der Waals surface area (Å²) in [6.45, 7) is 3.93. The van der Waals surface area contributed by atoms with Crippen molar-refractivity contribution in [3.05, 3.63) is 47.9 Å². The van der Waals surface area contributed by atoms with E-state index in [1.165, 1.54) is 12.3 Å². The summed E-state index contributed by atoms with van der Waals surface area (Å²) in [6.07, 6.45) is -1.31. The third-order valence-electron chi connectivity index (χ3n) is 4.19. The predicted molar refractivity (Wildman–Crippen MR) is 87.5 cm³/mol. The highest BCUT2D eigenvalue weighted by molar-refractivity contribution is 5.45. The smallest absolute Gasteiger partial charge is 0.433 e. The molecule has 0 aromatic carbocycles. The van der Waals surface area contributed by atoms with Gasteiger partial charge in [-0.2, -0.15) is 13.2 Å². The largest absolute Gasteiger partial charge is 0.481 e. The molecule has 0 N–H and O–H groups in total. The van der Waals surface area contributed by atoms with Crippen LogP contribution in [-0.2, 0) is 12.7 Å². The van der Waals surface area contributed by atoms with Gasteiger partial charge in [0.1, 0.15) is 5.69 Å². The van der Waals surface area contributed by atoms with Crippen LogP contribution >= 0.6 is 0 Å². The van der Waals surface area contributed by atoms with Crippen LogP contribution in [0.25, 0.3) is 0 Å². The van der Waals surface area contributed by atoms with E-state index in [2.05, 4.69) is 19.8 Å². The summed E-state index contributed by atoms with van der Waals surface area (Å²) < 4.78 is 42.8. The van der Waals surface area contributed by atoms with E-state index < -0.39 is 11.9 Å². The fourth-order valence-corrected chi connectivity index (χ4v) is 2.79. The summed E-state index contributed by atoms with van der Waals surface area (Å²) in [5, 5.41) is 0. The monoisotopic (exact) mass is 352 g/mol. The van der Waals surface area contributed by atoms with E-state index in [1.807, 2.05) is 12.1 Å². The third-order valence-corrected chi connectivity index (χ3v) is 4.19. The number of methoxy groups -OCH3 is 1. The number of nitrogens with zero attached hydrogens (tertiary/aromatic N) is 4. The van der Waals surface area contributed by atoms with E-state index in [9.17, 15) is 13.2 Å². The zero-order valence-electron chi connectivity index (χ0n) is 13.8. The first-order chi connectivity index (χ1) is 12.0. The van der Waals surface area contributed by atoms with Crippen molar-refractivity contribution in [1.82, 2.24) is 14.9 Å². The standard InChI is InChI=1S/C17H19F3N4O/c1-25-16-5-2-13(10-22-16)12-23-6-8-24(9-7-23)14-3-4-15(21-11-14)17(18,19)20/h2-5,10-11H,6-9,12H2,1H3. The number of halogens is 3. The quantitative estimate of drug-likeness (QED) is 0.846. The molecular weight excluding hydrogens is 333 g/mol. The van der Waals surface area contributed by atoms with E-state index in [4.69, 9.17) is 4.74 Å². The van der Waals surface area contributed by atoms with Gasteiger partial charge in [-0.15, -0.1) is 0 Å². The van der Waals surface area contributed by atoms with Crippen molar-refractivity contribution in [3.63, 3.8) is 0 Å². The Labute approximate surface area is 144 Å². The van der Waals surface area contributed by atoms with Crippen molar-refractivity contribution >= 4 is 5.69 Å². The number of ether oxygens (including phenoxy) is 1. The molecule has 3 rings (SSSR count). The number of piperazine rings is 1. The minimum atomic E-state index is -4.40. The predicted octanol–water partition coefficient (Wildman–Crippen LogP) is 2.83. The van der Waals surface area contributed by atoms with E-state index in [0.717, 1.165) is 50.0 Å². The first-order valence-electron chi connectivity index (χ1n) is 7.95. The Morgan fingerprint density at radius 1 is 1.00 bits per heavy atom. The van der Waals surface area contributed by atoms with Crippen molar-refractivity contribution in [2.45, 2.75) is 12.7 Å². The van der Waals surface area contributed by atoms with Gasteiger partial charge < -0.3 is 9.64 Å². The average Bonchev–Trinajstić information content (AvgIpc) is 2.62. The van der Waals surface area contributed by atoms with Crippen LogP contribution in [0.2, 0.25) is 0 Å². The van der Waals surface area contributed by atoms with Crippen LogP contribution < -0.4 is 9.64 Å². The molecule has 134 valence electrons. The number of anilines is 1. The highest BCUT2D eigenvalue weighted by Gasteiger charge is 2.32. The summed E-state index contributed by atoms with van der Waals surface area (Å²) in [6, 6.07) is 6.33. The highest BCUT2D eigenvalue weighted by atomic mass is 19.4. The second-order valence-corrected chi connectivity index (χ2v) is 5.87. The molecule has 0 saturated carbocycles. The molecule has 8 heteroatoms. The van der Waals surface area contributed by atoms with Gasteiger partial charge in [-0.1, -0.05) is 6.07 Å². The lowest BCUT2D eigenvalue weighted by molar-refractivity contribution is -0.141. The summed E-state index contributed by atoms with van der Waals surface area (Å²) >= 11 is 0. The molecule has 0 unspecified atom stereocenters. The van der Waals surface area contributed by atoms with E-state index in [1.54, 1.807) is 13.3 Å². The Morgan fingerprint density at radius 3 is 2.28 bits per heavy atom. The Hall–Kier alpha value is -2.35. The number of alkyl halides is 3. The first-order valence-corrected chi connectivity index (χ1v) is 7.95. The van der Waals surface area contributed by atoms with Crippen molar-refractivity contribution in [1.29, 1.82) is 0 Å². The van der Waals surface area contributed by atoms with Gasteiger partial charge in [-0.05, 0) is 17.7 Å². The minimum Gasteiger partial charge on any atom is -0.481 e. The summed E-state index contributed by atoms with van der Waals surface area (Å²) in [5.74, 6) is 0.586. The van der Waals surface area contributed by atoms with Crippen LogP contribution in [0.4, 0.5) is 18.9 Å². The van der Waals surface area contributed by atoms with Gasteiger partial charge in [0.25, 0.3) is 0 Å². The van der Waals surface area contributed by atoms with Crippen LogP contribution in [0.5, 0.6) is 5.88 Å². The van der Waals surface area contributed by atoms with Crippen LogP contribution in [-0.4, -0.2) is 48.2 Å². The van der Waals surface area contributed by atoms with Gasteiger partial charge in [0, 0.05) is 45.0 Å². The van der Waals surface area contributed by atoms with Crippen LogP contribution in [0, 0.1) is 0 Å². The summed E-state index contributed by atoms with van der Waals surface area (Å²) in [5.41, 5.74) is 0.964. The van der Waals surface area contributed by atoms with Crippen molar-refractivity contribution in [2.75, 3.05) is 38.2 Å². The van der Waals surface area contributed by atoms with E-state index >= 15 is 0 Å². The van der Waals surface area contributed by atoms with Gasteiger partial charge in [-0.25, -0.2) is 9.97 Å². The molecule has 3 heterocycles. The lowest BCUT2D eigenvalue weighted by Crippen LogP contribution is -2.46. The maximum absolute atomic E-state index is 12.6. The molecule has 0 spiro atoms. The Bertz CT molecular complexity index is 681. The molecule has 2 aromatic heterocycles. The zero-order valence-corrected chi connectivity index (χ0v) is 13.8. The van der Waals surface area contributed by atoms with Gasteiger partial charge in [-0.3, -0.25) is 4.90 Å². The maximum atomic E-state index is 12.6. The maximum Gasteiger partial charge on any atom is 0.433 e. The topological polar surface area (TPSA) is 41.5 Å². The van der Waals surface area contributed by atoms with Gasteiger partial charge in [0.05, 0.1) is 19.0 Å². The van der Waals surface area contributed by atoms with Gasteiger partial charge in [0.2, 0.25) is 5.88 Å². The third kappa shape index (κ3) is 4.39. The second kappa shape index (κ2) is 7.26. The molecule has 1 fully saturated rings. The number of aromatic nitrogens is 2. The lowest BCUT2D eigenvalue weighted by atomic mass is 10.2. The molecule has 1 aliphatic rings. The molecule has 1 saturated heterocycles. The fourth-order valence-electron chi connectivity index (χ4n) is 2.79. The molecular formula is C17H19F3N4O. The Balaban J connectivity index is 1.54. The summed E-state index contributed by atoms with van der Waals surface area (Å²) in [4.78, 5) is 12.1. The van der Waals surface area contributed by atoms with E-state index in [0.29, 0.717) is 5.88 Å². The van der Waals surface area contributed by atoms with Crippen molar-refractivity contribution < 1.29 is 17.9 Å². The van der Waals surface area contributed by atoms with Crippen LogP contribution in [0.3, 0.4) is 0 Å². The molecule has 0 aliphatic carbocycles. The Morgan fingerprint density at radius 2 is 1.76 bits per heavy atom.